The van der Waals surface area contributed by atoms with Crippen LogP contribution in [0, 0.1) is 10.1 Å². The summed E-state index contributed by atoms with van der Waals surface area (Å²) in [5, 5.41) is 14.7. The summed E-state index contributed by atoms with van der Waals surface area (Å²) in [7, 11) is 0. The number of nitrogens with zero attached hydrogens (tertiary/aromatic N) is 4. The first-order chi connectivity index (χ1) is 7.16. The summed E-state index contributed by atoms with van der Waals surface area (Å²) < 4.78 is 1.31. The Bertz CT molecular complexity index is 494. The van der Waals surface area contributed by atoms with Crippen molar-refractivity contribution in [3.05, 3.63) is 45.9 Å². The molecule has 0 saturated heterocycles. The Morgan fingerprint density at radius 3 is 2.73 bits per heavy atom. The minimum absolute atomic E-state index is 0.0771. The molecule has 0 N–H and O–H groups in total. The van der Waals surface area contributed by atoms with Gasteiger partial charge in [-0.25, -0.2) is 9.67 Å². The second-order valence-electron chi connectivity index (χ2n) is 2.73. The van der Waals surface area contributed by atoms with Gasteiger partial charge in [0, 0.05) is 6.20 Å². The number of rotatable bonds is 2. The summed E-state index contributed by atoms with van der Waals surface area (Å²) in [6.07, 6.45) is 3.90. The highest BCUT2D eigenvalue weighted by atomic mass is 35.5. The Hall–Kier alpha value is -1.95. The predicted octanol–water partition coefficient (Wildman–Crippen LogP) is 1.83. The molecule has 2 aromatic heterocycles. The molecule has 0 bridgehead atoms. The first-order valence-electron chi connectivity index (χ1n) is 3.98. The summed E-state index contributed by atoms with van der Waals surface area (Å²) in [6, 6.07) is 3.26. The van der Waals surface area contributed by atoms with Crippen LogP contribution in [0.1, 0.15) is 0 Å². The lowest BCUT2D eigenvalue weighted by molar-refractivity contribution is -0.384. The van der Waals surface area contributed by atoms with E-state index < -0.39 is 4.92 Å². The van der Waals surface area contributed by atoms with E-state index in [1.165, 1.54) is 17.1 Å². The molecule has 7 heteroatoms. The van der Waals surface area contributed by atoms with E-state index in [1.807, 2.05) is 0 Å². The summed E-state index contributed by atoms with van der Waals surface area (Å²) in [5.74, 6) is 0.479. The van der Waals surface area contributed by atoms with Gasteiger partial charge in [0.05, 0.1) is 9.95 Å². The third-order valence-corrected chi connectivity index (χ3v) is 1.95. The van der Waals surface area contributed by atoms with Crippen molar-refractivity contribution in [2.45, 2.75) is 0 Å². The fraction of sp³-hybridized carbons (Fsp3) is 0. The van der Waals surface area contributed by atoms with Crippen molar-refractivity contribution in [3.63, 3.8) is 0 Å². The highest BCUT2D eigenvalue weighted by Gasteiger charge is 2.09. The highest BCUT2D eigenvalue weighted by molar-refractivity contribution is 6.30. The highest BCUT2D eigenvalue weighted by Crippen LogP contribution is 2.13. The van der Waals surface area contributed by atoms with Gasteiger partial charge in [-0.3, -0.25) is 10.1 Å². The third-order valence-electron chi connectivity index (χ3n) is 1.73. The molecule has 0 fully saturated rings. The number of hydrogen-bond acceptors (Lipinski definition) is 4. The van der Waals surface area contributed by atoms with Crippen LogP contribution in [0.5, 0.6) is 0 Å². The summed E-state index contributed by atoms with van der Waals surface area (Å²) in [4.78, 5) is 13.9. The Labute approximate surface area is 89.3 Å². The van der Waals surface area contributed by atoms with Gasteiger partial charge in [-0.15, -0.1) is 0 Å². The maximum Gasteiger partial charge on any atom is 0.307 e. The van der Waals surface area contributed by atoms with Crippen molar-refractivity contribution in [3.8, 4) is 5.82 Å². The van der Waals surface area contributed by atoms with Gasteiger partial charge in [-0.1, -0.05) is 11.6 Å². The molecule has 0 unspecified atom stereocenters. The molecule has 2 aromatic rings. The smallest absolute Gasteiger partial charge is 0.258 e. The zero-order chi connectivity index (χ0) is 10.8. The van der Waals surface area contributed by atoms with Crippen molar-refractivity contribution in [2.24, 2.45) is 0 Å². The molecule has 6 nitrogen and oxygen atoms in total. The number of pyridine rings is 1. The minimum Gasteiger partial charge on any atom is -0.258 e. The van der Waals surface area contributed by atoms with Crippen molar-refractivity contribution in [1.82, 2.24) is 14.8 Å². The van der Waals surface area contributed by atoms with Gasteiger partial charge in [-0.2, -0.15) is 5.10 Å². The average Bonchev–Trinajstić information content (AvgIpc) is 2.68. The minimum atomic E-state index is -0.514. The van der Waals surface area contributed by atoms with E-state index in [0.717, 1.165) is 6.20 Å². The van der Waals surface area contributed by atoms with Crippen LogP contribution in [0.2, 0.25) is 5.02 Å². The molecule has 2 rings (SSSR count). The van der Waals surface area contributed by atoms with Crippen molar-refractivity contribution in [2.75, 3.05) is 0 Å². The van der Waals surface area contributed by atoms with E-state index >= 15 is 0 Å². The molecule has 2 heterocycles. The summed E-state index contributed by atoms with van der Waals surface area (Å²) in [5.41, 5.74) is -0.0771. The number of aromatic nitrogens is 3. The SMILES string of the molecule is O=[N+]([O-])c1cnn(-c2ccc(Cl)cn2)c1. The first-order valence-corrected chi connectivity index (χ1v) is 4.35. The maximum atomic E-state index is 10.4. The Balaban J connectivity index is 2.37. The fourth-order valence-electron chi connectivity index (χ4n) is 1.04. The van der Waals surface area contributed by atoms with E-state index in [1.54, 1.807) is 12.1 Å². The zero-order valence-corrected chi connectivity index (χ0v) is 8.13. The lowest BCUT2D eigenvalue weighted by atomic mass is 10.4. The first kappa shape index (κ1) is 9.60. The van der Waals surface area contributed by atoms with Crippen molar-refractivity contribution in [1.29, 1.82) is 0 Å². The summed E-state index contributed by atoms with van der Waals surface area (Å²) >= 11 is 5.65. The number of halogens is 1. The molecule has 0 atom stereocenters. The van der Waals surface area contributed by atoms with Crippen LogP contribution < -0.4 is 0 Å². The van der Waals surface area contributed by atoms with E-state index in [0.29, 0.717) is 10.8 Å². The van der Waals surface area contributed by atoms with Gasteiger partial charge in [0.2, 0.25) is 0 Å². The van der Waals surface area contributed by atoms with Crippen LogP contribution in [-0.2, 0) is 0 Å². The standard InChI is InChI=1S/C8H5ClN4O2/c9-6-1-2-8(10-3-6)12-5-7(4-11-12)13(14)15/h1-5H. The van der Waals surface area contributed by atoms with Gasteiger partial charge in [0.1, 0.15) is 12.4 Å². The van der Waals surface area contributed by atoms with Crippen LogP contribution in [-0.4, -0.2) is 19.7 Å². The van der Waals surface area contributed by atoms with Crippen LogP contribution in [0.15, 0.2) is 30.7 Å². The molecule has 0 saturated carbocycles. The molecule has 0 aromatic carbocycles. The molecule has 0 aliphatic rings. The number of nitro groups is 1. The molecular weight excluding hydrogens is 220 g/mol. The largest absolute Gasteiger partial charge is 0.307 e. The Morgan fingerprint density at radius 2 is 2.20 bits per heavy atom. The second-order valence-corrected chi connectivity index (χ2v) is 3.17. The van der Waals surface area contributed by atoms with Gasteiger partial charge in [-0.05, 0) is 12.1 Å². The molecule has 15 heavy (non-hydrogen) atoms. The van der Waals surface area contributed by atoms with E-state index in [4.69, 9.17) is 11.6 Å². The van der Waals surface area contributed by atoms with Gasteiger partial charge in [0.15, 0.2) is 5.82 Å². The second kappa shape index (κ2) is 3.66. The zero-order valence-electron chi connectivity index (χ0n) is 7.37. The Morgan fingerprint density at radius 1 is 1.40 bits per heavy atom. The van der Waals surface area contributed by atoms with Crippen LogP contribution in [0.3, 0.4) is 0 Å². The third kappa shape index (κ3) is 1.94. The predicted molar refractivity (Wildman–Crippen MR) is 53.0 cm³/mol. The maximum absolute atomic E-state index is 10.4. The molecule has 0 amide bonds. The molecule has 0 aliphatic heterocycles. The van der Waals surface area contributed by atoms with E-state index in [2.05, 4.69) is 10.1 Å². The molecule has 0 spiro atoms. The van der Waals surface area contributed by atoms with Gasteiger partial charge < -0.3 is 0 Å². The average molecular weight is 225 g/mol. The molecular formula is C8H5ClN4O2. The topological polar surface area (TPSA) is 73.8 Å². The summed E-state index contributed by atoms with van der Waals surface area (Å²) in [6.45, 7) is 0. The molecule has 0 aliphatic carbocycles. The van der Waals surface area contributed by atoms with E-state index in [-0.39, 0.29) is 5.69 Å². The van der Waals surface area contributed by atoms with E-state index in [9.17, 15) is 10.1 Å². The van der Waals surface area contributed by atoms with Gasteiger partial charge in [0.25, 0.3) is 0 Å². The fourth-order valence-corrected chi connectivity index (χ4v) is 1.15. The van der Waals surface area contributed by atoms with Crippen LogP contribution in [0.25, 0.3) is 5.82 Å². The Kier molecular flexibility index (Phi) is 2.34. The lowest BCUT2D eigenvalue weighted by Crippen LogP contribution is -1.96. The molecule has 76 valence electrons. The van der Waals surface area contributed by atoms with Crippen molar-refractivity contribution < 1.29 is 4.92 Å². The molecule has 0 radical (unpaired) electrons. The monoisotopic (exact) mass is 224 g/mol. The lowest BCUT2D eigenvalue weighted by Gasteiger charge is -1.97. The number of hydrogen-bond donors (Lipinski definition) is 0. The van der Waals surface area contributed by atoms with Crippen LogP contribution >= 0.6 is 11.6 Å². The normalized spacial score (nSPS) is 10.2. The van der Waals surface area contributed by atoms with Crippen LogP contribution in [0.4, 0.5) is 5.69 Å². The quantitative estimate of drug-likeness (QED) is 0.576. The van der Waals surface area contributed by atoms with Gasteiger partial charge >= 0.3 is 5.69 Å². The van der Waals surface area contributed by atoms with Crippen molar-refractivity contribution >= 4 is 17.3 Å².